The van der Waals surface area contributed by atoms with Crippen LogP contribution >= 0.6 is 10.3 Å². The molecule has 0 amide bonds. The smallest absolute Gasteiger partial charge is 0.383 e. The lowest BCUT2D eigenvalue weighted by Crippen LogP contribution is -2.58. The van der Waals surface area contributed by atoms with Crippen LogP contribution in [-0.2, 0) is 23.3 Å². The summed E-state index contributed by atoms with van der Waals surface area (Å²) in [6, 6.07) is 0. The molecule has 0 N–H and O–H groups in total. The lowest BCUT2D eigenvalue weighted by molar-refractivity contribution is -0.280. The van der Waals surface area contributed by atoms with Crippen LogP contribution in [0.4, 0.5) is 26.3 Å². The molecular formula is C19H25F6NO6S. The standard InChI is InChI=1S/C19H25F6NO6S/c1-4-17(20,21)18(22,23)19(24,25)33(32-26-29)9-6-11(7-10-33)30-14(28)16-8-5-12(13(27)31-16)15(16,2)3/h11-12H,4-10H2,1-3H3. The molecule has 1 saturated carbocycles. The van der Waals surface area contributed by atoms with Crippen molar-refractivity contribution in [3.63, 3.8) is 0 Å². The van der Waals surface area contributed by atoms with E-state index in [0.717, 1.165) is 0 Å². The van der Waals surface area contributed by atoms with Crippen LogP contribution in [0.5, 0.6) is 0 Å². The average molecular weight is 509 g/mol. The second kappa shape index (κ2) is 7.91. The Morgan fingerprint density at radius 1 is 1.15 bits per heavy atom. The minimum absolute atomic E-state index is 0.214. The summed E-state index contributed by atoms with van der Waals surface area (Å²) in [7, 11) is -4.43. The quantitative estimate of drug-likeness (QED) is 0.195. The summed E-state index contributed by atoms with van der Waals surface area (Å²) in [4.78, 5) is 35.6. The summed E-state index contributed by atoms with van der Waals surface area (Å²) >= 11 is 0. The molecule has 0 aromatic carbocycles. The molecule has 3 fully saturated rings. The summed E-state index contributed by atoms with van der Waals surface area (Å²) < 4.78 is 100. The first-order valence-corrected chi connectivity index (χ1v) is 12.3. The van der Waals surface area contributed by atoms with Gasteiger partial charge in [-0.05, 0) is 25.7 Å². The van der Waals surface area contributed by atoms with E-state index in [1.807, 2.05) is 5.34 Å². The Morgan fingerprint density at radius 2 is 1.73 bits per heavy atom. The molecule has 2 heterocycles. The molecule has 0 radical (unpaired) electrons. The van der Waals surface area contributed by atoms with E-state index >= 15 is 0 Å². The molecule has 2 aliphatic heterocycles. The van der Waals surface area contributed by atoms with E-state index in [1.165, 1.54) is 0 Å². The van der Waals surface area contributed by atoms with Crippen LogP contribution in [0.1, 0.15) is 52.9 Å². The van der Waals surface area contributed by atoms with Crippen molar-refractivity contribution < 1.29 is 49.7 Å². The van der Waals surface area contributed by atoms with Gasteiger partial charge in [0.2, 0.25) is 5.60 Å². The molecule has 2 bridgehead atoms. The fourth-order valence-corrected chi connectivity index (χ4v) is 7.90. The number of fused-ring (bicyclic) bond motifs is 2. The fourth-order valence-electron chi connectivity index (χ4n) is 4.92. The minimum atomic E-state index is -5.79. The van der Waals surface area contributed by atoms with E-state index in [4.69, 9.17) is 9.47 Å². The number of carbonyl (C=O) groups is 2. The van der Waals surface area contributed by atoms with Crippen LogP contribution in [-0.4, -0.2) is 52.2 Å². The first-order valence-electron chi connectivity index (χ1n) is 10.4. The zero-order chi connectivity index (χ0) is 25.1. The maximum absolute atomic E-state index is 14.8. The van der Waals surface area contributed by atoms with Crippen molar-refractivity contribution in [1.29, 1.82) is 0 Å². The molecule has 3 aliphatic rings. The van der Waals surface area contributed by atoms with Crippen molar-refractivity contribution in [2.24, 2.45) is 16.7 Å². The highest BCUT2D eigenvalue weighted by Gasteiger charge is 2.78. The van der Waals surface area contributed by atoms with E-state index in [9.17, 15) is 40.8 Å². The topological polar surface area (TPSA) is 91.3 Å². The molecule has 2 saturated heterocycles. The molecule has 2 atom stereocenters. The number of nitrogens with zero attached hydrogens (tertiary/aromatic N) is 1. The van der Waals surface area contributed by atoms with E-state index < -0.39 is 93.2 Å². The van der Waals surface area contributed by atoms with E-state index in [0.29, 0.717) is 13.3 Å². The summed E-state index contributed by atoms with van der Waals surface area (Å²) in [5.74, 6) is -14.6. The third-order valence-electron chi connectivity index (χ3n) is 7.31. The van der Waals surface area contributed by atoms with Gasteiger partial charge in [-0.3, -0.25) is 4.79 Å². The molecule has 7 nitrogen and oxygen atoms in total. The predicted molar refractivity (Wildman–Crippen MR) is 104 cm³/mol. The second-order valence-electron chi connectivity index (χ2n) is 9.18. The fraction of sp³-hybridized carbons (Fsp3) is 0.895. The van der Waals surface area contributed by atoms with Crippen molar-refractivity contribution in [1.82, 2.24) is 0 Å². The first kappa shape index (κ1) is 25.9. The summed E-state index contributed by atoms with van der Waals surface area (Å²) in [5, 5.41) is -3.48. The number of hydrogen-bond acceptors (Lipinski definition) is 7. The molecule has 33 heavy (non-hydrogen) atoms. The van der Waals surface area contributed by atoms with Crippen molar-refractivity contribution >= 4 is 22.2 Å². The Hall–Kier alpha value is -1.73. The van der Waals surface area contributed by atoms with Crippen molar-refractivity contribution in [3.8, 4) is 0 Å². The van der Waals surface area contributed by atoms with Crippen LogP contribution in [0, 0.1) is 16.2 Å². The largest absolute Gasteiger partial charge is 0.459 e. The van der Waals surface area contributed by atoms with Gasteiger partial charge in [-0.15, -0.1) is 4.91 Å². The molecule has 1 aliphatic carbocycles. The summed E-state index contributed by atoms with van der Waals surface area (Å²) in [6.45, 7) is 3.98. The molecule has 14 heteroatoms. The highest BCUT2D eigenvalue weighted by Crippen LogP contribution is 2.71. The van der Waals surface area contributed by atoms with Crippen LogP contribution in [0.3, 0.4) is 0 Å². The molecule has 2 unspecified atom stereocenters. The van der Waals surface area contributed by atoms with E-state index in [-0.39, 0.29) is 6.42 Å². The predicted octanol–water partition coefficient (Wildman–Crippen LogP) is 5.11. The van der Waals surface area contributed by atoms with Gasteiger partial charge in [0.1, 0.15) is 6.10 Å². The van der Waals surface area contributed by atoms with Crippen molar-refractivity contribution in [3.05, 3.63) is 4.91 Å². The highest BCUT2D eigenvalue weighted by atomic mass is 32.3. The zero-order valence-corrected chi connectivity index (χ0v) is 19.0. The summed E-state index contributed by atoms with van der Waals surface area (Å²) in [5.41, 5.74) is -2.41. The number of esters is 2. The number of halogens is 6. The zero-order valence-electron chi connectivity index (χ0n) is 18.2. The Morgan fingerprint density at radius 3 is 2.15 bits per heavy atom. The van der Waals surface area contributed by atoms with Crippen molar-refractivity contribution in [2.45, 2.75) is 81.7 Å². The average Bonchev–Trinajstić information content (AvgIpc) is 3.11. The van der Waals surface area contributed by atoms with Gasteiger partial charge < -0.3 is 13.8 Å². The third kappa shape index (κ3) is 3.41. The molecule has 190 valence electrons. The van der Waals surface area contributed by atoms with E-state index in [1.54, 1.807) is 13.8 Å². The number of alkyl halides is 6. The number of ether oxygens (including phenoxy) is 2. The van der Waals surface area contributed by atoms with Gasteiger partial charge in [0.05, 0.1) is 5.92 Å². The molecule has 3 rings (SSSR count). The number of hydrogen-bond donors (Lipinski definition) is 0. The second-order valence-corrected chi connectivity index (χ2v) is 12.3. The monoisotopic (exact) mass is 509 g/mol. The van der Waals surface area contributed by atoms with E-state index in [2.05, 4.69) is 4.28 Å². The van der Waals surface area contributed by atoms with Gasteiger partial charge in [-0.2, -0.15) is 26.3 Å². The maximum atomic E-state index is 14.8. The Bertz CT molecular complexity index is 832. The van der Waals surface area contributed by atoms with Crippen LogP contribution in [0.2, 0.25) is 0 Å². The van der Waals surface area contributed by atoms with Gasteiger partial charge in [0.25, 0.3) is 0 Å². The highest BCUT2D eigenvalue weighted by molar-refractivity contribution is 8.30. The number of rotatable bonds is 8. The Kier molecular flexibility index (Phi) is 6.20. The van der Waals surface area contributed by atoms with Gasteiger partial charge in [0.15, 0.2) is 5.34 Å². The molecule has 0 spiro atoms. The summed E-state index contributed by atoms with van der Waals surface area (Å²) in [6.07, 6.45) is -2.89. The molecule has 0 aromatic rings. The maximum Gasteiger partial charge on any atom is 0.383 e. The Labute approximate surface area is 187 Å². The SMILES string of the molecule is CCC(F)(F)C(F)(F)C(F)(F)S1(ON=O)CCC(OC(=O)C23CCC(C(=O)O2)C3(C)C)CC1. The number of carbonyl (C=O) groups excluding carboxylic acids is 2. The Balaban J connectivity index is 1.77. The first-order chi connectivity index (χ1) is 15.1. The van der Waals surface area contributed by atoms with Crippen LogP contribution in [0.15, 0.2) is 5.34 Å². The normalized spacial score (nSPS) is 36.0. The van der Waals surface area contributed by atoms with Gasteiger partial charge in [-0.25, -0.2) is 4.79 Å². The van der Waals surface area contributed by atoms with Gasteiger partial charge in [-0.1, -0.05) is 20.8 Å². The molecule has 0 aromatic heterocycles. The van der Waals surface area contributed by atoms with Crippen LogP contribution < -0.4 is 0 Å². The van der Waals surface area contributed by atoms with Crippen molar-refractivity contribution in [2.75, 3.05) is 11.5 Å². The lowest BCUT2D eigenvalue weighted by atomic mass is 9.75. The van der Waals surface area contributed by atoms with Gasteiger partial charge in [0, 0.05) is 33.7 Å². The van der Waals surface area contributed by atoms with Gasteiger partial charge >= 0.3 is 29.0 Å². The third-order valence-corrected chi connectivity index (χ3v) is 10.6. The lowest BCUT2D eigenvalue weighted by Gasteiger charge is -2.48. The van der Waals surface area contributed by atoms with Crippen LogP contribution in [0.25, 0.3) is 0 Å². The molecular weight excluding hydrogens is 484 g/mol. The minimum Gasteiger partial charge on any atom is -0.459 e.